The molecule has 1 aromatic rings. The van der Waals surface area contributed by atoms with Crippen LogP contribution in [0, 0.1) is 0 Å². The van der Waals surface area contributed by atoms with Crippen LogP contribution < -0.4 is 0 Å². The summed E-state index contributed by atoms with van der Waals surface area (Å²) < 4.78 is 0. The molecule has 1 rings (SSSR count). The Morgan fingerprint density at radius 1 is 1.17 bits per heavy atom. The van der Waals surface area contributed by atoms with Crippen LogP contribution in [0.25, 0.3) is 0 Å². The molecular formula is C14H23N3O. The fourth-order valence-electron chi connectivity index (χ4n) is 1.78. The Morgan fingerprint density at radius 2 is 1.78 bits per heavy atom. The number of aromatic nitrogens is 2. The zero-order valence-electron chi connectivity index (χ0n) is 11.8. The Morgan fingerprint density at radius 3 is 2.17 bits per heavy atom. The van der Waals surface area contributed by atoms with E-state index in [0.717, 1.165) is 31.6 Å². The monoisotopic (exact) mass is 249 g/mol. The first-order chi connectivity index (χ1) is 8.60. The highest BCUT2D eigenvalue weighted by atomic mass is 16.2. The molecule has 100 valence electrons. The minimum Gasteiger partial charge on any atom is -0.337 e. The predicted octanol–water partition coefficient (Wildman–Crippen LogP) is 2.86. The lowest BCUT2D eigenvalue weighted by Gasteiger charge is -2.20. The number of hydrogen-bond donors (Lipinski definition) is 0. The van der Waals surface area contributed by atoms with Crippen molar-refractivity contribution < 1.29 is 4.79 Å². The summed E-state index contributed by atoms with van der Waals surface area (Å²) in [6, 6.07) is 3.67. The molecule has 0 radical (unpaired) electrons. The van der Waals surface area contributed by atoms with E-state index in [1.165, 1.54) is 0 Å². The highest BCUT2D eigenvalue weighted by molar-refractivity contribution is 5.92. The molecule has 18 heavy (non-hydrogen) atoms. The van der Waals surface area contributed by atoms with Crippen molar-refractivity contribution in [1.82, 2.24) is 15.1 Å². The quantitative estimate of drug-likeness (QED) is 0.778. The summed E-state index contributed by atoms with van der Waals surface area (Å²) in [5.41, 5.74) is 1.37. The molecule has 1 heterocycles. The zero-order valence-corrected chi connectivity index (χ0v) is 11.8. The fraction of sp³-hybridized carbons (Fsp3) is 0.643. The Kier molecular flexibility index (Phi) is 5.75. The molecule has 0 aromatic carbocycles. The third kappa shape index (κ3) is 3.79. The highest BCUT2D eigenvalue weighted by Crippen LogP contribution is 2.11. The topological polar surface area (TPSA) is 46.1 Å². The van der Waals surface area contributed by atoms with E-state index >= 15 is 0 Å². The minimum absolute atomic E-state index is 0.0125. The van der Waals surface area contributed by atoms with Crippen LogP contribution in [0.3, 0.4) is 0 Å². The molecule has 0 aliphatic rings. The standard InChI is InChI=1S/C14H23N3O/c1-5-9-17(10-6-2)14(18)13-8-7-12(11(3)4)15-16-13/h7-8,11H,5-6,9-10H2,1-4H3. The zero-order chi connectivity index (χ0) is 13.5. The van der Waals surface area contributed by atoms with Crippen LogP contribution in [0.1, 0.15) is 62.6 Å². The van der Waals surface area contributed by atoms with E-state index in [1.807, 2.05) is 11.0 Å². The molecule has 1 aromatic heterocycles. The van der Waals surface area contributed by atoms with E-state index in [1.54, 1.807) is 6.07 Å². The van der Waals surface area contributed by atoms with Crippen LogP contribution in [0.5, 0.6) is 0 Å². The number of nitrogens with zero attached hydrogens (tertiary/aromatic N) is 3. The first kappa shape index (κ1) is 14.6. The predicted molar refractivity (Wildman–Crippen MR) is 72.6 cm³/mol. The highest BCUT2D eigenvalue weighted by Gasteiger charge is 2.16. The van der Waals surface area contributed by atoms with Gasteiger partial charge in [0.2, 0.25) is 0 Å². The average Bonchev–Trinajstić information content (AvgIpc) is 2.38. The van der Waals surface area contributed by atoms with E-state index in [9.17, 15) is 4.79 Å². The molecule has 0 bridgehead atoms. The average molecular weight is 249 g/mol. The maximum absolute atomic E-state index is 12.2. The molecule has 0 spiro atoms. The first-order valence-electron chi connectivity index (χ1n) is 6.73. The summed E-state index contributed by atoms with van der Waals surface area (Å²) in [6.07, 6.45) is 1.92. The van der Waals surface area contributed by atoms with Crippen molar-refractivity contribution in [1.29, 1.82) is 0 Å². The van der Waals surface area contributed by atoms with Gasteiger partial charge in [-0.3, -0.25) is 4.79 Å². The molecule has 0 unspecified atom stereocenters. The van der Waals surface area contributed by atoms with E-state index in [4.69, 9.17) is 0 Å². The lowest BCUT2D eigenvalue weighted by molar-refractivity contribution is 0.0748. The maximum Gasteiger partial charge on any atom is 0.274 e. The lowest BCUT2D eigenvalue weighted by Crippen LogP contribution is -2.33. The molecule has 4 nitrogen and oxygen atoms in total. The molecule has 0 saturated carbocycles. The van der Waals surface area contributed by atoms with Gasteiger partial charge in [0.05, 0.1) is 5.69 Å². The second kappa shape index (κ2) is 7.09. The van der Waals surface area contributed by atoms with Crippen LogP contribution in [0.15, 0.2) is 12.1 Å². The maximum atomic E-state index is 12.2. The van der Waals surface area contributed by atoms with E-state index in [2.05, 4.69) is 37.9 Å². The van der Waals surface area contributed by atoms with Gasteiger partial charge in [0, 0.05) is 13.1 Å². The van der Waals surface area contributed by atoms with Gasteiger partial charge in [0.1, 0.15) is 0 Å². The van der Waals surface area contributed by atoms with Crippen molar-refractivity contribution in [2.24, 2.45) is 0 Å². The Balaban J connectivity index is 2.81. The van der Waals surface area contributed by atoms with Crippen molar-refractivity contribution in [3.05, 3.63) is 23.5 Å². The number of carbonyl (C=O) groups is 1. The Bertz CT molecular complexity index is 367. The smallest absolute Gasteiger partial charge is 0.274 e. The van der Waals surface area contributed by atoms with Gasteiger partial charge >= 0.3 is 0 Å². The molecule has 1 amide bonds. The second-order valence-corrected chi connectivity index (χ2v) is 4.79. The SMILES string of the molecule is CCCN(CCC)C(=O)c1ccc(C(C)C)nn1. The van der Waals surface area contributed by atoms with Crippen molar-refractivity contribution in [3.8, 4) is 0 Å². The van der Waals surface area contributed by atoms with Crippen molar-refractivity contribution in [2.75, 3.05) is 13.1 Å². The molecule has 4 heteroatoms. The number of carbonyl (C=O) groups excluding carboxylic acids is 1. The number of hydrogen-bond acceptors (Lipinski definition) is 3. The third-order valence-electron chi connectivity index (χ3n) is 2.77. The fourth-order valence-corrected chi connectivity index (χ4v) is 1.78. The van der Waals surface area contributed by atoms with Crippen LogP contribution in [-0.2, 0) is 0 Å². The second-order valence-electron chi connectivity index (χ2n) is 4.79. The summed E-state index contributed by atoms with van der Waals surface area (Å²) in [5, 5.41) is 8.15. The van der Waals surface area contributed by atoms with Crippen LogP contribution in [-0.4, -0.2) is 34.1 Å². The van der Waals surface area contributed by atoms with E-state index in [0.29, 0.717) is 11.6 Å². The summed E-state index contributed by atoms with van der Waals surface area (Å²) in [4.78, 5) is 14.1. The van der Waals surface area contributed by atoms with E-state index in [-0.39, 0.29) is 5.91 Å². The van der Waals surface area contributed by atoms with Crippen molar-refractivity contribution in [2.45, 2.75) is 46.5 Å². The molecule has 0 aliphatic heterocycles. The van der Waals surface area contributed by atoms with Crippen LogP contribution >= 0.6 is 0 Å². The number of rotatable bonds is 6. The van der Waals surface area contributed by atoms with Gasteiger partial charge in [-0.15, -0.1) is 5.10 Å². The number of amides is 1. The summed E-state index contributed by atoms with van der Waals surface area (Å²) >= 11 is 0. The summed E-state index contributed by atoms with van der Waals surface area (Å²) in [6.45, 7) is 9.82. The minimum atomic E-state index is -0.0125. The summed E-state index contributed by atoms with van der Waals surface area (Å²) in [7, 11) is 0. The van der Waals surface area contributed by atoms with E-state index < -0.39 is 0 Å². The van der Waals surface area contributed by atoms with Gasteiger partial charge in [0.15, 0.2) is 5.69 Å². The van der Waals surface area contributed by atoms with Gasteiger partial charge in [0.25, 0.3) is 5.91 Å². The largest absolute Gasteiger partial charge is 0.337 e. The molecule has 0 fully saturated rings. The Labute approximate surface area is 109 Å². The van der Waals surface area contributed by atoms with Gasteiger partial charge < -0.3 is 4.90 Å². The molecule has 0 saturated heterocycles. The molecule has 0 atom stereocenters. The molecular weight excluding hydrogens is 226 g/mol. The van der Waals surface area contributed by atoms with Crippen LogP contribution in [0.2, 0.25) is 0 Å². The van der Waals surface area contributed by atoms with Crippen molar-refractivity contribution >= 4 is 5.91 Å². The van der Waals surface area contributed by atoms with Crippen molar-refractivity contribution in [3.63, 3.8) is 0 Å². The Hall–Kier alpha value is -1.45. The van der Waals surface area contributed by atoms with Gasteiger partial charge in [-0.05, 0) is 30.9 Å². The van der Waals surface area contributed by atoms with Crippen LogP contribution in [0.4, 0.5) is 0 Å². The molecule has 0 N–H and O–H groups in total. The van der Waals surface area contributed by atoms with Gasteiger partial charge in [-0.1, -0.05) is 27.7 Å². The van der Waals surface area contributed by atoms with Gasteiger partial charge in [-0.25, -0.2) is 0 Å². The first-order valence-corrected chi connectivity index (χ1v) is 6.73. The molecule has 0 aliphatic carbocycles. The third-order valence-corrected chi connectivity index (χ3v) is 2.77. The normalized spacial score (nSPS) is 10.7. The lowest BCUT2D eigenvalue weighted by atomic mass is 10.1. The van der Waals surface area contributed by atoms with Gasteiger partial charge in [-0.2, -0.15) is 5.10 Å². The summed E-state index contributed by atoms with van der Waals surface area (Å²) in [5.74, 6) is 0.325.